The number of nitrogens with zero attached hydrogens (tertiary/aromatic N) is 2. The number of halogens is 1. The smallest absolute Gasteiger partial charge is 0.181 e. The SMILES string of the molecule is CC(=O)C(C=NCCOCCOCCOCC#CCI)=NN. The lowest BCUT2D eigenvalue weighted by Crippen LogP contribution is -2.14. The number of alkyl halides is 1. The number of ether oxygens (including phenoxy) is 3. The summed E-state index contributed by atoms with van der Waals surface area (Å²) in [6.45, 7) is 4.71. The molecule has 0 aliphatic rings. The van der Waals surface area contributed by atoms with E-state index in [-0.39, 0.29) is 11.5 Å². The van der Waals surface area contributed by atoms with Crippen molar-refractivity contribution in [3.05, 3.63) is 0 Å². The van der Waals surface area contributed by atoms with Gasteiger partial charge in [-0.2, -0.15) is 5.10 Å². The number of hydrogen-bond donors (Lipinski definition) is 1. The molecule has 2 N–H and O–H groups in total. The minimum Gasteiger partial charge on any atom is -0.377 e. The van der Waals surface area contributed by atoms with E-state index in [4.69, 9.17) is 20.1 Å². The highest BCUT2D eigenvalue weighted by atomic mass is 127. The maximum absolute atomic E-state index is 11.0. The molecule has 0 heterocycles. The van der Waals surface area contributed by atoms with Crippen molar-refractivity contribution in [3.8, 4) is 11.8 Å². The maximum Gasteiger partial charge on any atom is 0.181 e. The summed E-state index contributed by atoms with van der Waals surface area (Å²) < 4.78 is 16.7. The Morgan fingerprint density at radius 2 is 1.77 bits per heavy atom. The average molecular weight is 423 g/mol. The fraction of sp³-hybridized carbons (Fsp3) is 0.643. The van der Waals surface area contributed by atoms with E-state index < -0.39 is 0 Å². The van der Waals surface area contributed by atoms with Gasteiger partial charge in [0.15, 0.2) is 5.78 Å². The quantitative estimate of drug-likeness (QED) is 0.0936. The summed E-state index contributed by atoms with van der Waals surface area (Å²) in [6, 6.07) is 0. The number of nitrogens with two attached hydrogens (primary N) is 1. The molecular formula is C14H22IN3O4. The molecule has 0 radical (unpaired) electrons. The van der Waals surface area contributed by atoms with Gasteiger partial charge in [0, 0.05) is 6.92 Å². The number of rotatable bonds is 12. The van der Waals surface area contributed by atoms with Gasteiger partial charge in [0.05, 0.1) is 50.2 Å². The molecule has 0 fully saturated rings. The van der Waals surface area contributed by atoms with Crippen molar-refractivity contribution in [2.24, 2.45) is 15.9 Å². The molecule has 7 nitrogen and oxygen atoms in total. The van der Waals surface area contributed by atoms with Crippen molar-refractivity contribution in [2.45, 2.75) is 6.92 Å². The Balaban J connectivity index is 3.34. The lowest BCUT2D eigenvalue weighted by Gasteiger charge is -2.04. The third-order valence-electron chi connectivity index (χ3n) is 2.19. The van der Waals surface area contributed by atoms with Crippen LogP contribution in [-0.2, 0) is 19.0 Å². The second kappa shape index (κ2) is 16.4. The molecule has 0 aromatic carbocycles. The standard InChI is InChI=1S/C14H22IN3O4/c1-13(19)14(18-16)12-17-5-7-21-9-11-22-10-8-20-6-3-2-4-15/h12H,4-11,16H2,1H3. The highest BCUT2D eigenvalue weighted by molar-refractivity contribution is 14.1. The maximum atomic E-state index is 11.0. The molecule has 0 rings (SSSR count). The van der Waals surface area contributed by atoms with Gasteiger partial charge in [-0.1, -0.05) is 34.4 Å². The van der Waals surface area contributed by atoms with Crippen LogP contribution in [0.5, 0.6) is 0 Å². The zero-order chi connectivity index (χ0) is 16.5. The Kier molecular flexibility index (Phi) is 15.6. The summed E-state index contributed by atoms with van der Waals surface area (Å²) in [7, 11) is 0. The molecule has 0 atom stereocenters. The fourth-order valence-corrected chi connectivity index (χ4v) is 1.41. The average Bonchev–Trinajstić information content (AvgIpc) is 2.51. The van der Waals surface area contributed by atoms with E-state index in [1.54, 1.807) is 0 Å². The summed E-state index contributed by atoms with van der Waals surface area (Å²) in [5.41, 5.74) is 0.145. The van der Waals surface area contributed by atoms with E-state index in [0.29, 0.717) is 46.2 Å². The topological polar surface area (TPSA) is 95.5 Å². The molecule has 0 spiro atoms. The molecule has 0 aliphatic heterocycles. The van der Waals surface area contributed by atoms with Gasteiger partial charge in [0.25, 0.3) is 0 Å². The Morgan fingerprint density at radius 3 is 2.36 bits per heavy atom. The minimum absolute atomic E-state index is 0.145. The highest BCUT2D eigenvalue weighted by Gasteiger charge is 2.00. The lowest BCUT2D eigenvalue weighted by atomic mass is 10.3. The van der Waals surface area contributed by atoms with Gasteiger partial charge in [-0.05, 0) is 0 Å². The fourth-order valence-electron chi connectivity index (χ4n) is 1.14. The Hall–Kier alpha value is -1.02. The van der Waals surface area contributed by atoms with Gasteiger partial charge in [0.2, 0.25) is 0 Å². The molecule has 124 valence electrons. The van der Waals surface area contributed by atoms with E-state index in [2.05, 4.69) is 44.5 Å². The Morgan fingerprint density at radius 1 is 1.14 bits per heavy atom. The second-order valence-corrected chi connectivity index (χ2v) is 4.63. The molecule has 0 aliphatic carbocycles. The molecule has 0 bridgehead atoms. The first kappa shape index (κ1) is 21.0. The van der Waals surface area contributed by atoms with Crippen LogP contribution in [0.1, 0.15) is 6.92 Å². The van der Waals surface area contributed by atoms with Gasteiger partial charge in [-0.15, -0.1) is 0 Å². The van der Waals surface area contributed by atoms with Gasteiger partial charge in [0.1, 0.15) is 12.3 Å². The third kappa shape index (κ3) is 13.9. The number of aliphatic imine (C=N–C) groups is 1. The number of carbonyl (C=O) groups excluding carboxylic acids is 1. The van der Waals surface area contributed by atoms with Crippen molar-refractivity contribution in [2.75, 3.05) is 50.6 Å². The van der Waals surface area contributed by atoms with E-state index in [1.807, 2.05) is 0 Å². The molecule has 0 saturated carbocycles. The first-order valence-corrected chi connectivity index (χ1v) is 8.28. The lowest BCUT2D eigenvalue weighted by molar-refractivity contribution is -0.110. The van der Waals surface area contributed by atoms with Gasteiger partial charge in [-0.25, -0.2) is 0 Å². The molecular weight excluding hydrogens is 401 g/mol. The predicted molar refractivity (Wildman–Crippen MR) is 94.8 cm³/mol. The van der Waals surface area contributed by atoms with E-state index in [9.17, 15) is 4.79 Å². The summed E-state index contributed by atoms with van der Waals surface area (Å²) in [4.78, 5) is 15.0. The zero-order valence-electron chi connectivity index (χ0n) is 12.7. The van der Waals surface area contributed by atoms with Crippen molar-refractivity contribution >= 4 is 40.3 Å². The number of carbonyl (C=O) groups is 1. The van der Waals surface area contributed by atoms with Gasteiger partial charge < -0.3 is 20.1 Å². The van der Waals surface area contributed by atoms with Crippen LogP contribution in [0, 0.1) is 11.8 Å². The first-order valence-electron chi connectivity index (χ1n) is 6.76. The summed E-state index contributed by atoms with van der Waals surface area (Å²) in [6.07, 6.45) is 1.35. The normalized spacial score (nSPS) is 11.5. The van der Waals surface area contributed by atoms with Crippen molar-refractivity contribution in [3.63, 3.8) is 0 Å². The second-order valence-electron chi connectivity index (χ2n) is 3.87. The molecule has 0 unspecified atom stereocenters. The van der Waals surface area contributed by atoms with Crippen LogP contribution >= 0.6 is 22.6 Å². The van der Waals surface area contributed by atoms with Crippen molar-refractivity contribution in [1.82, 2.24) is 0 Å². The van der Waals surface area contributed by atoms with Crippen LogP contribution in [0.25, 0.3) is 0 Å². The highest BCUT2D eigenvalue weighted by Crippen LogP contribution is 1.83. The largest absolute Gasteiger partial charge is 0.377 e. The van der Waals surface area contributed by atoms with Crippen LogP contribution in [0.2, 0.25) is 0 Å². The van der Waals surface area contributed by atoms with E-state index in [1.165, 1.54) is 13.1 Å². The van der Waals surface area contributed by atoms with Gasteiger partial charge in [-0.3, -0.25) is 9.79 Å². The van der Waals surface area contributed by atoms with E-state index in [0.717, 1.165) is 4.43 Å². The Labute approximate surface area is 144 Å². The molecule has 0 saturated heterocycles. The van der Waals surface area contributed by atoms with Crippen LogP contribution < -0.4 is 5.84 Å². The van der Waals surface area contributed by atoms with Crippen LogP contribution in [0.4, 0.5) is 0 Å². The predicted octanol–water partition coefficient (Wildman–Crippen LogP) is 0.449. The van der Waals surface area contributed by atoms with Gasteiger partial charge >= 0.3 is 0 Å². The summed E-state index contributed by atoms with van der Waals surface area (Å²) >= 11 is 2.19. The minimum atomic E-state index is -0.219. The number of Topliss-reactive ketones (excluding diaryl/α,β-unsaturated/α-hetero) is 1. The summed E-state index contributed by atoms with van der Waals surface area (Å²) in [5.74, 6) is 10.6. The third-order valence-corrected chi connectivity index (χ3v) is 2.57. The zero-order valence-corrected chi connectivity index (χ0v) is 14.9. The number of hydrazone groups is 1. The van der Waals surface area contributed by atoms with E-state index >= 15 is 0 Å². The number of hydrogen-bond acceptors (Lipinski definition) is 7. The van der Waals surface area contributed by atoms with Crippen LogP contribution in [0.15, 0.2) is 10.1 Å². The van der Waals surface area contributed by atoms with Crippen molar-refractivity contribution < 1.29 is 19.0 Å². The molecule has 0 aromatic rings. The van der Waals surface area contributed by atoms with Crippen LogP contribution in [-0.4, -0.2) is 68.3 Å². The molecule has 8 heteroatoms. The molecule has 0 amide bonds. The summed E-state index contributed by atoms with van der Waals surface area (Å²) in [5, 5.41) is 3.32. The monoisotopic (exact) mass is 423 g/mol. The van der Waals surface area contributed by atoms with Crippen LogP contribution in [0.3, 0.4) is 0 Å². The molecule has 0 aromatic heterocycles. The first-order chi connectivity index (χ1) is 10.7. The van der Waals surface area contributed by atoms with Crippen molar-refractivity contribution in [1.29, 1.82) is 0 Å². The number of ketones is 1. The Bertz CT molecular complexity index is 416. The molecule has 22 heavy (non-hydrogen) atoms.